The molecule has 0 unspecified atom stereocenters. The first kappa shape index (κ1) is 26.2. The SMILES string of the molecule is C=CCOC(=O)N1C[C@@H](SC2=C(C(=O)O)N3C(=O)[C@H]([C@@H](C)O)[C@H]3[C@H]2C)C[C@H]1Cc1ccnc(CO)c1. The summed E-state index contributed by atoms with van der Waals surface area (Å²) in [6, 6.07) is 3.04. The van der Waals surface area contributed by atoms with E-state index in [0.717, 1.165) is 5.56 Å². The number of amides is 2. The van der Waals surface area contributed by atoms with Crippen molar-refractivity contribution in [3.05, 3.63) is 52.8 Å². The number of aliphatic hydroxyl groups excluding tert-OH is 2. The van der Waals surface area contributed by atoms with Gasteiger partial charge in [-0.15, -0.1) is 11.8 Å². The first-order valence-electron chi connectivity index (χ1n) is 11.9. The van der Waals surface area contributed by atoms with Crippen molar-refractivity contribution in [3.63, 3.8) is 0 Å². The third-order valence-corrected chi connectivity index (χ3v) is 8.55. The summed E-state index contributed by atoms with van der Waals surface area (Å²) < 4.78 is 5.31. The van der Waals surface area contributed by atoms with E-state index >= 15 is 0 Å². The van der Waals surface area contributed by atoms with Crippen molar-refractivity contribution in [1.82, 2.24) is 14.8 Å². The number of rotatable bonds is 9. The molecule has 3 aliphatic heterocycles. The van der Waals surface area contributed by atoms with E-state index in [0.29, 0.717) is 30.0 Å². The van der Waals surface area contributed by atoms with Gasteiger partial charge in [0.1, 0.15) is 12.3 Å². The van der Waals surface area contributed by atoms with Gasteiger partial charge in [-0.3, -0.25) is 9.78 Å². The minimum absolute atomic E-state index is 0.0228. The van der Waals surface area contributed by atoms with Gasteiger partial charge in [0.25, 0.3) is 0 Å². The summed E-state index contributed by atoms with van der Waals surface area (Å²) in [5, 5.41) is 29.3. The van der Waals surface area contributed by atoms with E-state index in [-0.39, 0.29) is 48.1 Å². The average molecular weight is 518 g/mol. The van der Waals surface area contributed by atoms with E-state index in [9.17, 15) is 29.7 Å². The first-order chi connectivity index (χ1) is 17.2. The first-order valence-corrected chi connectivity index (χ1v) is 12.8. The minimum atomic E-state index is -1.17. The Morgan fingerprint density at radius 1 is 1.42 bits per heavy atom. The summed E-state index contributed by atoms with van der Waals surface area (Å²) in [5.41, 5.74) is 1.43. The predicted molar refractivity (Wildman–Crippen MR) is 132 cm³/mol. The second-order valence-corrected chi connectivity index (χ2v) is 10.8. The molecule has 2 saturated heterocycles. The van der Waals surface area contributed by atoms with Crippen molar-refractivity contribution in [2.45, 2.75) is 56.7 Å². The van der Waals surface area contributed by atoms with E-state index < -0.39 is 24.1 Å². The standard InChI is InChI=1S/C25H31N3O7S/c1-4-7-35-25(34)27-11-18(10-17(27)9-15-5-6-26-16(8-15)12-29)36-22-13(2)20-19(14(3)30)23(31)28(20)21(22)24(32)33/h4-6,8,13-14,17-20,29-30H,1,7,9-12H2,2-3H3,(H,32,33)/t13-,14-,17-,18+,19-,20-/m1/s1. The van der Waals surface area contributed by atoms with Crippen LogP contribution in [0.15, 0.2) is 41.6 Å². The Labute approximate surface area is 213 Å². The van der Waals surface area contributed by atoms with Crippen molar-refractivity contribution in [3.8, 4) is 0 Å². The number of pyridine rings is 1. The van der Waals surface area contributed by atoms with Gasteiger partial charge in [0.05, 0.1) is 30.4 Å². The molecule has 0 radical (unpaired) electrons. The van der Waals surface area contributed by atoms with Crippen molar-refractivity contribution in [2.24, 2.45) is 11.8 Å². The number of carbonyl (C=O) groups is 3. The third-order valence-electron chi connectivity index (χ3n) is 7.05. The van der Waals surface area contributed by atoms with E-state index in [1.165, 1.54) is 22.7 Å². The Kier molecular flexibility index (Phi) is 7.72. The number of β-lactam (4-membered cyclic amide) rings is 1. The van der Waals surface area contributed by atoms with E-state index in [2.05, 4.69) is 11.6 Å². The molecule has 1 aromatic rings. The van der Waals surface area contributed by atoms with Crippen molar-refractivity contribution in [2.75, 3.05) is 13.2 Å². The van der Waals surface area contributed by atoms with Crippen LogP contribution in [0, 0.1) is 11.8 Å². The smallest absolute Gasteiger partial charge is 0.410 e. The highest BCUT2D eigenvalue weighted by Gasteiger charge is 2.60. The quantitative estimate of drug-likeness (QED) is 0.330. The number of aliphatic hydroxyl groups is 2. The molecule has 2 amide bonds. The number of ether oxygens (including phenoxy) is 1. The summed E-state index contributed by atoms with van der Waals surface area (Å²) in [5.74, 6) is -2.41. The topological polar surface area (TPSA) is 140 Å². The predicted octanol–water partition coefficient (Wildman–Crippen LogP) is 1.77. The van der Waals surface area contributed by atoms with Crippen LogP contribution in [-0.2, 0) is 27.4 Å². The van der Waals surface area contributed by atoms with E-state index in [1.54, 1.807) is 24.1 Å². The van der Waals surface area contributed by atoms with Crippen LogP contribution in [0.25, 0.3) is 0 Å². The molecule has 4 rings (SSSR count). The molecule has 10 nitrogen and oxygen atoms in total. The summed E-state index contributed by atoms with van der Waals surface area (Å²) in [6.07, 6.45) is 2.89. The van der Waals surface area contributed by atoms with Crippen LogP contribution in [0.5, 0.6) is 0 Å². The van der Waals surface area contributed by atoms with Gasteiger partial charge in [-0.1, -0.05) is 19.6 Å². The average Bonchev–Trinajstić information content (AvgIpc) is 3.34. The molecular formula is C25H31N3O7S. The van der Waals surface area contributed by atoms with Crippen LogP contribution in [-0.4, -0.2) is 84.7 Å². The molecule has 3 aliphatic rings. The number of carbonyl (C=O) groups excluding carboxylic acids is 2. The maximum Gasteiger partial charge on any atom is 0.410 e. The van der Waals surface area contributed by atoms with Gasteiger partial charge in [-0.2, -0.15) is 0 Å². The second kappa shape index (κ2) is 10.6. The third kappa shape index (κ3) is 4.74. The van der Waals surface area contributed by atoms with Crippen LogP contribution < -0.4 is 0 Å². The van der Waals surface area contributed by atoms with Crippen LogP contribution in [0.3, 0.4) is 0 Å². The van der Waals surface area contributed by atoms with Gasteiger partial charge < -0.3 is 29.9 Å². The van der Waals surface area contributed by atoms with Crippen LogP contribution in [0.2, 0.25) is 0 Å². The zero-order valence-corrected chi connectivity index (χ0v) is 21.1. The monoisotopic (exact) mass is 517 g/mol. The van der Waals surface area contributed by atoms with Crippen LogP contribution in [0.1, 0.15) is 31.5 Å². The normalized spacial score (nSPS) is 28.1. The summed E-state index contributed by atoms with van der Waals surface area (Å²) in [4.78, 5) is 45.3. The number of fused-ring (bicyclic) bond motifs is 1. The maximum atomic E-state index is 12.8. The number of thioether (sulfide) groups is 1. The van der Waals surface area contributed by atoms with Gasteiger partial charge in [-0.05, 0) is 37.5 Å². The fourth-order valence-electron chi connectivity index (χ4n) is 5.46. The van der Waals surface area contributed by atoms with Crippen molar-refractivity contribution >= 4 is 29.7 Å². The van der Waals surface area contributed by atoms with E-state index in [1.807, 2.05) is 13.0 Å². The van der Waals surface area contributed by atoms with Gasteiger partial charge >= 0.3 is 12.1 Å². The number of aliphatic carboxylic acids is 1. The number of hydrogen-bond acceptors (Lipinski definition) is 8. The summed E-state index contributed by atoms with van der Waals surface area (Å²) in [6.45, 7) is 7.26. The Hall–Kier alpha value is -2.89. The maximum absolute atomic E-state index is 12.8. The fraction of sp³-hybridized carbons (Fsp3) is 0.520. The molecule has 194 valence electrons. The van der Waals surface area contributed by atoms with Crippen LogP contribution >= 0.6 is 11.8 Å². The lowest BCUT2D eigenvalue weighted by molar-refractivity contribution is -0.163. The zero-order valence-electron chi connectivity index (χ0n) is 20.2. The largest absolute Gasteiger partial charge is 0.477 e. The Balaban J connectivity index is 1.56. The molecule has 11 heteroatoms. The molecule has 2 fully saturated rings. The molecule has 6 atom stereocenters. The summed E-state index contributed by atoms with van der Waals surface area (Å²) in [7, 11) is 0. The second-order valence-electron chi connectivity index (χ2n) is 9.44. The number of aromatic nitrogens is 1. The number of carboxylic acids is 1. The highest BCUT2D eigenvalue weighted by Crippen LogP contribution is 2.52. The molecule has 0 aromatic carbocycles. The molecule has 4 heterocycles. The summed E-state index contributed by atoms with van der Waals surface area (Å²) >= 11 is 1.39. The van der Waals surface area contributed by atoms with Gasteiger partial charge in [-0.25, -0.2) is 9.59 Å². The Bertz CT molecular complexity index is 1090. The lowest BCUT2D eigenvalue weighted by Gasteiger charge is -2.46. The molecular weight excluding hydrogens is 486 g/mol. The lowest BCUT2D eigenvalue weighted by atomic mass is 9.79. The Morgan fingerprint density at radius 3 is 2.81 bits per heavy atom. The lowest BCUT2D eigenvalue weighted by Crippen LogP contribution is -2.63. The molecule has 3 N–H and O–H groups in total. The molecule has 36 heavy (non-hydrogen) atoms. The molecule has 0 aliphatic carbocycles. The van der Waals surface area contributed by atoms with Crippen molar-refractivity contribution < 1.29 is 34.4 Å². The highest BCUT2D eigenvalue weighted by molar-refractivity contribution is 8.03. The van der Waals surface area contributed by atoms with Crippen molar-refractivity contribution in [1.29, 1.82) is 0 Å². The van der Waals surface area contributed by atoms with E-state index in [4.69, 9.17) is 4.74 Å². The molecule has 0 saturated carbocycles. The van der Waals surface area contributed by atoms with Gasteiger partial charge in [0.15, 0.2) is 0 Å². The highest BCUT2D eigenvalue weighted by atomic mass is 32.2. The van der Waals surface area contributed by atoms with Gasteiger partial charge in [0, 0.05) is 34.9 Å². The number of likely N-dealkylation sites (tertiary alicyclic amines) is 1. The fourth-order valence-corrected chi connectivity index (χ4v) is 7.03. The minimum Gasteiger partial charge on any atom is -0.477 e. The Morgan fingerprint density at radius 2 is 2.17 bits per heavy atom. The molecule has 1 aromatic heterocycles. The molecule has 0 bridgehead atoms. The zero-order chi connectivity index (χ0) is 26.1. The molecule has 0 spiro atoms. The number of hydrogen-bond donors (Lipinski definition) is 3. The van der Waals surface area contributed by atoms with Gasteiger partial charge in [0.2, 0.25) is 5.91 Å². The number of carboxylic acid groups (broad SMARTS) is 1. The number of nitrogens with zero attached hydrogens (tertiary/aromatic N) is 3. The van der Waals surface area contributed by atoms with Crippen LogP contribution in [0.4, 0.5) is 4.79 Å².